The van der Waals surface area contributed by atoms with Crippen molar-refractivity contribution in [3.05, 3.63) is 0 Å². The average molecular weight is 402 g/mol. The minimum Gasteiger partial charge on any atom is -0.351 e. The Kier molecular flexibility index (Phi) is 6.15. The van der Waals surface area contributed by atoms with Gasteiger partial charge in [-0.25, -0.2) is 19.2 Å². The highest BCUT2D eigenvalue weighted by molar-refractivity contribution is 5.80. The second-order valence-corrected chi connectivity index (χ2v) is 8.79. The Morgan fingerprint density at radius 1 is 1.18 bits per heavy atom. The molecule has 7 atom stereocenters. The van der Waals surface area contributed by atoms with E-state index in [0.717, 1.165) is 25.9 Å². The minimum absolute atomic E-state index is 0.185. The maximum Gasteiger partial charge on any atom is 0.229 e. The third-order valence-electron chi connectivity index (χ3n) is 6.84. The maximum absolute atomic E-state index is 14.9. The van der Waals surface area contributed by atoms with Crippen molar-refractivity contribution in [1.82, 2.24) is 31.3 Å². The van der Waals surface area contributed by atoms with Gasteiger partial charge in [0.2, 0.25) is 5.91 Å². The second kappa shape index (κ2) is 8.45. The summed E-state index contributed by atoms with van der Waals surface area (Å²) < 4.78 is 28.5. The molecule has 160 valence electrons. The standard InChI is InChI=1S/C18H33F2N7O/c1-26-4-2-10(3-5-26)14-12(20)7-22-8-13(14)24-18(28)15-16(21)25-27-9-11(19)6-23-17(15)27/h10-17,22-23,25H,2-9,21H2,1H3,(H,24,28). The summed E-state index contributed by atoms with van der Waals surface area (Å²) in [5.41, 5.74) is 9.13. The van der Waals surface area contributed by atoms with E-state index in [-0.39, 0.29) is 43.0 Å². The summed E-state index contributed by atoms with van der Waals surface area (Å²) in [5, 5.41) is 10.9. The van der Waals surface area contributed by atoms with Crippen LogP contribution in [-0.2, 0) is 4.79 Å². The van der Waals surface area contributed by atoms with Gasteiger partial charge in [0.25, 0.3) is 0 Å². The third kappa shape index (κ3) is 4.03. The molecule has 7 unspecified atom stereocenters. The van der Waals surface area contributed by atoms with Gasteiger partial charge in [0.05, 0.1) is 18.2 Å². The van der Waals surface area contributed by atoms with Crippen molar-refractivity contribution < 1.29 is 13.6 Å². The number of hydrogen-bond acceptors (Lipinski definition) is 7. The van der Waals surface area contributed by atoms with Crippen molar-refractivity contribution >= 4 is 5.91 Å². The number of piperidine rings is 2. The van der Waals surface area contributed by atoms with Gasteiger partial charge < -0.3 is 21.3 Å². The molecular formula is C18H33F2N7O. The Morgan fingerprint density at radius 2 is 1.93 bits per heavy atom. The number of rotatable bonds is 3. The monoisotopic (exact) mass is 401 g/mol. The number of amides is 1. The van der Waals surface area contributed by atoms with E-state index in [4.69, 9.17) is 5.73 Å². The molecule has 0 spiro atoms. The number of carbonyl (C=O) groups is 1. The van der Waals surface area contributed by atoms with Crippen LogP contribution in [0.1, 0.15) is 12.8 Å². The molecule has 0 aromatic heterocycles. The van der Waals surface area contributed by atoms with Gasteiger partial charge >= 0.3 is 0 Å². The van der Waals surface area contributed by atoms with Crippen molar-refractivity contribution in [2.24, 2.45) is 23.5 Å². The first-order valence-corrected chi connectivity index (χ1v) is 10.4. The van der Waals surface area contributed by atoms with E-state index in [0.29, 0.717) is 13.1 Å². The first-order chi connectivity index (χ1) is 13.4. The molecule has 1 amide bonds. The number of nitrogens with zero attached hydrogens (tertiary/aromatic N) is 2. The molecule has 4 aliphatic heterocycles. The SMILES string of the molecule is CN1CCC(C2C(F)CNCC2NC(=O)C2C(N)NN3CC(F)CNC23)CC1. The highest BCUT2D eigenvalue weighted by Gasteiger charge is 2.48. The van der Waals surface area contributed by atoms with Crippen LogP contribution in [0.2, 0.25) is 0 Å². The second-order valence-electron chi connectivity index (χ2n) is 8.79. The lowest BCUT2D eigenvalue weighted by Crippen LogP contribution is -2.62. The quantitative estimate of drug-likeness (QED) is 0.387. The topological polar surface area (TPSA) is 97.7 Å². The summed E-state index contributed by atoms with van der Waals surface area (Å²) >= 11 is 0. The highest BCUT2D eigenvalue weighted by atomic mass is 19.1. The zero-order valence-electron chi connectivity index (χ0n) is 16.4. The molecule has 0 aromatic rings. The average Bonchev–Trinajstić information content (AvgIpc) is 2.98. The van der Waals surface area contributed by atoms with Crippen molar-refractivity contribution in [3.8, 4) is 0 Å². The molecule has 0 aliphatic carbocycles. The van der Waals surface area contributed by atoms with E-state index in [9.17, 15) is 13.6 Å². The fourth-order valence-electron chi connectivity index (χ4n) is 5.34. The summed E-state index contributed by atoms with van der Waals surface area (Å²) in [6.45, 7) is 3.23. The number of hydrazine groups is 1. The van der Waals surface area contributed by atoms with Gasteiger partial charge in [-0.2, -0.15) is 0 Å². The molecule has 4 aliphatic rings. The summed E-state index contributed by atoms with van der Waals surface area (Å²) in [6.07, 6.45) is -1.01. The zero-order chi connectivity index (χ0) is 19.8. The van der Waals surface area contributed by atoms with Gasteiger partial charge in [0.1, 0.15) is 12.3 Å². The van der Waals surface area contributed by atoms with Crippen molar-refractivity contribution in [2.45, 2.75) is 43.6 Å². The molecule has 4 rings (SSSR count). The van der Waals surface area contributed by atoms with Crippen LogP contribution in [0.15, 0.2) is 0 Å². The smallest absolute Gasteiger partial charge is 0.229 e. The van der Waals surface area contributed by atoms with Gasteiger partial charge in [0.15, 0.2) is 0 Å². The zero-order valence-corrected chi connectivity index (χ0v) is 16.4. The number of fused-ring (bicyclic) bond motifs is 1. The lowest BCUT2D eigenvalue weighted by Gasteiger charge is -2.43. The van der Waals surface area contributed by atoms with Crippen LogP contribution in [0.25, 0.3) is 0 Å². The molecule has 28 heavy (non-hydrogen) atoms. The molecule has 0 aromatic carbocycles. The van der Waals surface area contributed by atoms with E-state index in [1.54, 1.807) is 5.01 Å². The molecule has 6 N–H and O–H groups in total. The third-order valence-corrected chi connectivity index (χ3v) is 6.84. The number of carbonyl (C=O) groups excluding carboxylic acids is 1. The van der Waals surface area contributed by atoms with Crippen molar-refractivity contribution in [1.29, 1.82) is 0 Å². The molecule has 4 saturated heterocycles. The first kappa shape index (κ1) is 20.4. The minimum atomic E-state index is -0.999. The van der Waals surface area contributed by atoms with Gasteiger partial charge in [-0.15, -0.1) is 0 Å². The van der Waals surface area contributed by atoms with Gasteiger partial charge in [-0.1, -0.05) is 0 Å². The van der Waals surface area contributed by atoms with Crippen molar-refractivity contribution in [2.75, 3.05) is 46.3 Å². The van der Waals surface area contributed by atoms with E-state index in [1.165, 1.54) is 0 Å². The Balaban J connectivity index is 1.43. The predicted molar refractivity (Wildman–Crippen MR) is 101 cm³/mol. The normalized spacial score (nSPS) is 43.6. The van der Waals surface area contributed by atoms with Crippen LogP contribution in [-0.4, -0.2) is 92.8 Å². The molecule has 0 bridgehead atoms. The molecule has 4 fully saturated rings. The number of nitrogens with two attached hydrogens (primary N) is 1. The Morgan fingerprint density at radius 3 is 2.68 bits per heavy atom. The number of hydrogen-bond donors (Lipinski definition) is 5. The number of halogens is 2. The molecule has 10 heteroatoms. The molecule has 4 heterocycles. The molecule has 0 saturated carbocycles. The Bertz CT molecular complexity index is 562. The van der Waals surface area contributed by atoms with Crippen LogP contribution in [0.3, 0.4) is 0 Å². The van der Waals surface area contributed by atoms with E-state index >= 15 is 0 Å². The lowest BCUT2D eigenvalue weighted by atomic mass is 9.75. The van der Waals surface area contributed by atoms with E-state index in [1.807, 2.05) is 0 Å². The molecule has 0 radical (unpaired) electrons. The van der Waals surface area contributed by atoms with Crippen LogP contribution in [0, 0.1) is 17.8 Å². The first-order valence-electron chi connectivity index (χ1n) is 10.4. The number of nitrogens with one attached hydrogen (secondary N) is 4. The largest absolute Gasteiger partial charge is 0.351 e. The lowest BCUT2D eigenvalue weighted by molar-refractivity contribution is -0.128. The van der Waals surface area contributed by atoms with Gasteiger partial charge in [-0.05, 0) is 38.9 Å². The fourth-order valence-corrected chi connectivity index (χ4v) is 5.34. The highest BCUT2D eigenvalue weighted by Crippen LogP contribution is 2.33. The molecule has 8 nitrogen and oxygen atoms in total. The van der Waals surface area contributed by atoms with Gasteiger partial charge in [0, 0.05) is 38.1 Å². The Labute approximate surface area is 164 Å². The fraction of sp³-hybridized carbons (Fsp3) is 0.944. The van der Waals surface area contributed by atoms with Crippen molar-refractivity contribution in [3.63, 3.8) is 0 Å². The van der Waals surface area contributed by atoms with Crippen LogP contribution in [0.5, 0.6) is 0 Å². The summed E-state index contributed by atoms with van der Waals surface area (Å²) in [7, 11) is 2.09. The summed E-state index contributed by atoms with van der Waals surface area (Å²) in [6, 6.07) is -0.261. The Hall–Kier alpha value is -0.910. The van der Waals surface area contributed by atoms with Crippen LogP contribution < -0.4 is 27.1 Å². The van der Waals surface area contributed by atoms with Gasteiger partial charge in [-0.3, -0.25) is 10.1 Å². The number of likely N-dealkylation sites (tertiary alicyclic amines) is 1. The van der Waals surface area contributed by atoms with E-state index < -0.39 is 24.4 Å². The predicted octanol–water partition coefficient (Wildman–Crippen LogP) is -1.64. The van der Waals surface area contributed by atoms with Crippen LogP contribution in [0.4, 0.5) is 8.78 Å². The summed E-state index contributed by atoms with van der Waals surface area (Å²) in [4.78, 5) is 15.4. The van der Waals surface area contributed by atoms with E-state index in [2.05, 4.69) is 33.3 Å². The summed E-state index contributed by atoms with van der Waals surface area (Å²) in [5.74, 6) is -0.664. The molecular weight excluding hydrogens is 368 g/mol. The maximum atomic E-state index is 14.9. The number of alkyl halides is 2. The van der Waals surface area contributed by atoms with Crippen LogP contribution >= 0.6 is 0 Å².